The summed E-state index contributed by atoms with van der Waals surface area (Å²) in [7, 11) is 1.58. The van der Waals surface area contributed by atoms with Gasteiger partial charge < -0.3 is 15.2 Å². The summed E-state index contributed by atoms with van der Waals surface area (Å²) in [6.07, 6.45) is 0.711. The number of rotatable bonds is 3. The predicted octanol–water partition coefficient (Wildman–Crippen LogP) is 4.26. The van der Waals surface area contributed by atoms with E-state index in [2.05, 4.69) is 0 Å². The minimum Gasteiger partial charge on any atom is -0.337 e. The Morgan fingerprint density at radius 2 is 1.89 bits per heavy atom. The van der Waals surface area contributed by atoms with E-state index in [1.807, 2.05) is 0 Å². The van der Waals surface area contributed by atoms with E-state index in [0.717, 1.165) is 11.3 Å². The van der Waals surface area contributed by atoms with E-state index in [1.165, 1.54) is 22.8 Å². The molecule has 2 N–H and O–H groups in total. The Kier molecular flexibility index (Phi) is 5.71. The smallest absolute Gasteiger partial charge is 0.307 e. The van der Waals surface area contributed by atoms with Gasteiger partial charge in [-0.2, -0.15) is 5.26 Å². The highest BCUT2D eigenvalue weighted by molar-refractivity contribution is 7.16. The van der Waals surface area contributed by atoms with Crippen molar-refractivity contribution < 1.29 is 13.6 Å². The van der Waals surface area contributed by atoms with Crippen molar-refractivity contribution in [3.63, 3.8) is 0 Å². The molecule has 0 aliphatic carbocycles. The van der Waals surface area contributed by atoms with E-state index >= 15 is 4.39 Å². The molecule has 1 aliphatic rings. The summed E-state index contributed by atoms with van der Waals surface area (Å²) < 4.78 is 31.8. The first-order valence-corrected chi connectivity index (χ1v) is 11.8. The summed E-state index contributed by atoms with van der Waals surface area (Å²) in [4.78, 5) is 26.7. The van der Waals surface area contributed by atoms with Gasteiger partial charge in [0, 0.05) is 37.3 Å². The Balaban J connectivity index is 1.70. The third-order valence-corrected chi connectivity index (χ3v) is 7.35. The van der Waals surface area contributed by atoms with Crippen LogP contribution in [-0.2, 0) is 7.05 Å². The van der Waals surface area contributed by atoms with Gasteiger partial charge in [0.2, 0.25) is 0 Å². The van der Waals surface area contributed by atoms with E-state index in [0.29, 0.717) is 52.0 Å². The molecule has 1 amide bonds. The number of aryl methyl sites for hydroxylation is 1. The molecule has 35 heavy (non-hydrogen) atoms. The maximum absolute atomic E-state index is 15.3. The summed E-state index contributed by atoms with van der Waals surface area (Å²) in [6.45, 7) is 0.987. The first kappa shape index (κ1) is 22.9. The lowest BCUT2D eigenvalue weighted by atomic mass is 9.91. The van der Waals surface area contributed by atoms with Gasteiger partial charge in [0.05, 0.1) is 15.8 Å². The minimum atomic E-state index is -0.713. The van der Waals surface area contributed by atoms with Gasteiger partial charge in [0.25, 0.3) is 5.91 Å². The number of amides is 1. The number of nitrogens with two attached hydrogens (primary N) is 1. The van der Waals surface area contributed by atoms with Gasteiger partial charge in [-0.25, -0.2) is 8.78 Å². The zero-order valence-electron chi connectivity index (χ0n) is 18.7. The van der Waals surface area contributed by atoms with Crippen molar-refractivity contribution in [3.05, 3.63) is 81.0 Å². The lowest BCUT2D eigenvalue weighted by Crippen LogP contribution is -2.31. The maximum Gasteiger partial charge on any atom is 0.307 e. The number of carbonyl (C=O) groups is 1. The molecular formula is C26H20F2N4O2S. The Hall–Kier alpha value is -3.87. The molecule has 0 saturated carbocycles. The van der Waals surface area contributed by atoms with Crippen LogP contribution in [0.5, 0.6) is 0 Å². The number of nitriles is 1. The Morgan fingerprint density at radius 1 is 1.09 bits per heavy atom. The molecule has 1 fully saturated rings. The molecule has 5 rings (SSSR count). The molecule has 2 heterocycles. The molecule has 4 aromatic rings. The van der Waals surface area contributed by atoms with E-state index in [1.54, 1.807) is 48.3 Å². The molecule has 1 aliphatic heterocycles. The van der Waals surface area contributed by atoms with Crippen molar-refractivity contribution in [3.8, 4) is 28.3 Å². The van der Waals surface area contributed by atoms with Crippen LogP contribution in [0, 0.1) is 23.0 Å². The van der Waals surface area contributed by atoms with Crippen LogP contribution in [0.4, 0.5) is 8.78 Å². The second kappa shape index (κ2) is 8.73. The molecule has 0 bridgehead atoms. The highest BCUT2D eigenvalue weighted by Gasteiger charge is 2.26. The van der Waals surface area contributed by atoms with Crippen molar-refractivity contribution in [2.75, 3.05) is 13.1 Å². The number of aromatic nitrogens is 1. The van der Waals surface area contributed by atoms with Crippen LogP contribution >= 0.6 is 11.3 Å². The fourth-order valence-corrected chi connectivity index (χ4v) is 5.33. The minimum absolute atomic E-state index is 0.0795. The number of carbonyl (C=O) groups excluding carboxylic acids is 1. The molecule has 0 spiro atoms. The molecule has 3 aromatic carbocycles. The van der Waals surface area contributed by atoms with E-state index < -0.39 is 11.6 Å². The molecule has 0 radical (unpaired) electrons. The normalized spacial score (nSPS) is 15.5. The zero-order valence-corrected chi connectivity index (χ0v) is 19.5. The molecule has 176 valence electrons. The topological polar surface area (TPSA) is 92.1 Å². The van der Waals surface area contributed by atoms with E-state index in [9.17, 15) is 14.0 Å². The quantitative estimate of drug-likeness (QED) is 0.465. The van der Waals surface area contributed by atoms with Crippen LogP contribution in [0.1, 0.15) is 22.3 Å². The highest BCUT2D eigenvalue weighted by atomic mass is 32.1. The fourth-order valence-electron chi connectivity index (χ4n) is 4.43. The SMILES string of the molecule is Cn1c(=O)sc2cc(-c3ccc(C(=O)N4CCC(N)C4)cc3-c3ccc(C#N)c(F)c3)c(F)cc21. The van der Waals surface area contributed by atoms with Crippen LogP contribution in [-0.4, -0.2) is 34.5 Å². The third kappa shape index (κ3) is 4.01. The van der Waals surface area contributed by atoms with Crippen LogP contribution in [0.15, 0.2) is 53.3 Å². The number of benzene rings is 3. The summed E-state index contributed by atoms with van der Waals surface area (Å²) >= 11 is 1.00. The number of fused-ring (bicyclic) bond motifs is 1. The fraction of sp³-hybridized carbons (Fsp3) is 0.192. The van der Waals surface area contributed by atoms with Gasteiger partial charge in [-0.15, -0.1) is 0 Å². The van der Waals surface area contributed by atoms with Crippen LogP contribution in [0.25, 0.3) is 32.5 Å². The number of likely N-dealkylation sites (tertiary alicyclic amines) is 1. The van der Waals surface area contributed by atoms with Gasteiger partial charge in [0.15, 0.2) is 0 Å². The van der Waals surface area contributed by atoms with Crippen molar-refractivity contribution >= 4 is 27.5 Å². The van der Waals surface area contributed by atoms with Crippen molar-refractivity contribution in [2.45, 2.75) is 12.5 Å². The summed E-state index contributed by atoms with van der Waals surface area (Å²) in [5.41, 5.74) is 8.17. The van der Waals surface area contributed by atoms with Crippen LogP contribution in [0.2, 0.25) is 0 Å². The number of halogens is 2. The monoisotopic (exact) mass is 490 g/mol. The molecule has 1 aromatic heterocycles. The predicted molar refractivity (Wildman–Crippen MR) is 131 cm³/mol. The number of hydrogen-bond acceptors (Lipinski definition) is 5. The summed E-state index contributed by atoms with van der Waals surface area (Å²) in [5, 5.41) is 9.11. The molecule has 9 heteroatoms. The Bertz CT molecular complexity index is 1600. The molecule has 6 nitrogen and oxygen atoms in total. The number of nitrogens with zero attached hydrogens (tertiary/aromatic N) is 3. The lowest BCUT2D eigenvalue weighted by molar-refractivity contribution is 0.0791. The largest absolute Gasteiger partial charge is 0.337 e. The van der Waals surface area contributed by atoms with Crippen molar-refractivity contribution in [2.24, 2.45) is 12.8 Å². The first-order valence-electron chi connectivity index (χ1n) is 10.9. The average Bonchev–Trinajstić information content (AvgIpc) is 3.40. The summed E-state index contributed by atoms with van der Waals surface area (Å²) in [5.74, 6) is -1.47. The van der Waals surface area contributed by atoms with Crippen LogP contribution < -0.4 is 10.6 Å². The second-order valence-electron chi connectivity index (χ2n) is 8.59. The second-order valence-corrected chi connectivity index (χ2v) is 9.59. The standard InChI is InChI=1S/C26H20F2N4O2S/c1-31-23-11-22(28)20(10-24(23)35-26(31)34)18-5-4-15(25(33)32-7-6-17(30)13-32)8-19(18)14-2-3-16(12-29)21(27)9-14/h2-5,8-11,17H,6-7,13,30H2,1H3. The van der Waals surface area contributed by atoms with Gasteiger partial charge in [0.1, 0.15) is 17.7 Å². The molecule has 1 atom stereocenters. The highest BCUT2D eigenvalue weighted by Crippen LogP contribution is 2.37. The summed E-state index contributed by atoms with van der Waals surface area (Å²) in [6, 6.07) is 13.6. The van der Waals surface area contributed by atoms with Crippen molar-refractivity contribution in [1.29, 1.82) is 5.26 Å². The average molecular weight is 491 g/mol. The van der Waals surface area contributed by atoms with Gasteiger partial charge >= 0.3 is 4.87 Å². The van der Waals surface area contributed by atoms with E-state index in [4.69, 9.17) is 11.0 Å². The van der Waals surface area contributed by atoms with Gasteiger partial charge in [-0.3, -0.25) is 9.59 Å². The third-order valence-electron chi connectivity index (χ3n) is 6.35. The molecule has 1 saturated heterocycles. The van der Waals surface area contributed by atoms with Crippen molar-refractivity contribution in [1.82, 2.24) is 9.47 Å². The lowest BCUT2D eigenvalue weighted by Gasteiger charge is -2.18. The van der Waals surface area contributed by atoms with Crippen LogP contribution in [0.3, 0.4) is 0 Å². The molecule has 1 unspecified atom stereocenters. The van der Waals surface area contributed by atoms with Gasteiger partial charge in [-0.05, 0) is 59.5 Å². The first-order chi connectivity index (χ1) is 16.8. The Morgan fingerprint density at radius 3 is 2.57 bits per heavy atom. The van der Waals surface area contributed by atoms with Gasteiger partial charge in [-0.1, -0.05) is 23.5 Å². The maximum atomic E-state index is 15.3. The Labute approximate surface area is 203 Å². The van der Waals surface area contributed by atoms with E-state index in [-0.39, 0.29) is 27.9 Å². The molecular weight excluding hydrogens is 470 g/mol. The number of hydrogen-bond donors (Lipinski definition) is 1. The number of thiazole rings is 1. The zero-order chi connectivity index (χ0) is 24.9.